The van der Waals surface area contributed by atoms with Crippen LogP contribution in [-0.2, 0) is 4.79 Å². The minimum atomic E-state index is -0.305. The average molecular weight is 178 g/mol. The van der Waals surface area contributed by atoms with Crippen LogP contribution in [0.5, 0.6) is 0 Å². The van der Waals surface area contributed by atoms with Crippen LogP contribution in [0.2, 0.25) is 0 Å². The Balaban J connectivity index is 2.82. The number of amides is 1. The molecule has 0 aliphatic carbocycles. The van der Waals surface area contributed by atoms with Gasteiger partial charge in [0.25, 0.3) is 0 Å². The fraction of sp³-hybridized carbons (Fsp3) is 0.200. The molecule has 0 atom stereocenters. The molecule has 0 spiro atoms. The molecule has 1 radical (unpaired) electrons. The van der Waals surface area contributed by atoms with E-state index in [2.05, 4.69) is 6.92 Å². The van der Waals surface area contributed by atoms with Crippen molar-refractivity contribution in [3.05, 3.63) is 37.3 Å². The molecule has 1 amide bonds. The van der Waals surface area contributed by atoms with Gasteiger partial charge in [0.2, 0.25) is 5.91 Å². The van der Waals surface area contributed by atoms with Gasteiger partial charge in [-0.3, -0.25) is 4.79 Å². The number of para-hydroxylation sites is 1. The minimum Gasteiger partial charge on any atom is -0.395 e. The van der Waals surface area contributed by atoms with Gasteiger partial charge in [-0.1, -0.05) is 18.2 Å². The highest BCUT2D eigenvalue weighted by Crippen LogP contribution is 2.12. The van der Waals surface area contributed by atoms with Crippen molar-refractivity contribution in [2.45, 2.75) is 0 Å². The molecule has 0 unspecified atom stereocenters. The highest BCUT2D eigenvalue weighted by Gasteiger charge is 2.08. The van der Waals surface area contributed by atoms with E-state index in [-0.39, 0.29) is 19.1 Å². The number of hydrogen-bond donors (Lipinski definition) is 1. The number of nitrogens with zero attached hydrogens (tertiary/aromatic N) is 1. The third kappa shape index (κ3) is 2.56. The number of benzene rings is 1. The number of carbonyl (C=O) groups excluding carboxylic acids is 1. The third-order valence-electron chi connectivity index (χ3n) is 1.69. The maximum Gasteiger partial charge on any atom is 0.227 e. The van der Waals surface area contributed by atoms with Gasteiger partial charge in [-0.15, -0.1) is 0 Å². The standard InChI is InChI=1S/C10H12NO2/c1-9(13)11(7-8-12)10-5-3-2-4-6-10/h2-6,12H,1,7-8H2. The van der Waals surface area contributed by atoms with E-state index in [0.29, 0.717) is 0 Å². The van der Waals surface area contributed by atoms with Gasteiger partial charge in [0.15, 0.2) is 0 Å². The van der Waals surface area contributed by atoms with E-state index in [0.717, 1.165) is 5.69 Å². The molecule has 1 aromatic rings. The van der Waals surface area contributed by atoms with Crippen molar-refractivity contribution in [2.24, 2.45) is 0 Å². The van der Waals surface area contributed by atoms with Crippen molar-refractivity contribution >= 4 is 11.6 Å². The van der Waals surface area contributed by atoms with E-state index in [4.69, 9.17) is 5.11 Å². The molecule has 1 rings (SSSR count). The molecule has 69 valence electrons. The van der Waals surface area contributed by atoms with Crippen molar-refractivity contribution in [2.75, 3.05) is 18.1 Å². The second kappa shape index (κ2) is 4.62. The average Bonchev–Trinajstić information content (AvgIpc) is 2.15. The van der Waals surface area contributed by atoms with Crippen LogP contribution in [-0.4, -0.2) is 24.2 Å². The monoisotopic (exact) mass is 178 g/mol. The zero-order valence-corrected chi connectivity index (χ0v) is 7.31. The molecule has 3 nitrogen and oxygen atoms in total. The largest absolute Gasteiger partial charge is 0.395 e. The highest BCUT2D eigenvalue weighted by molar-refractivity contribution is 5.96. The summed E-state index contributed by atoms with van der Waals surface area (Å²) in [5.41, 5.74) is 0.761. The quantitative estimate of drug-likeness (QED) is 0.745. The first-order valence-electron chi connectivity index (χ1n) is 4.05. The summed E-state index contributed by atoms with van der Waals surface area (Å²) in [6, 6.07) is 9.15. The second-order valence-corrected chi connectivity index (χ2v) is 2.60. The van der Waals surface area contributed by atoms with Crippen molar-refractivity contribution < 1.29 is 9.90 Å². The lowest BCUT2D eigenvalue weighted by atomic mass is 10.3. The Morgan fingerprint density at radius 2 is 2.00 bits per heavy atom. The lowest BCUT2D eigenvalue weighted by Gasteiger charge is -2.19. The highest BCUT2D eigenvalue weighted by atomic mass is 16.3. The fourth-order valence-corrected chi connectivity index (χ4v) is 1.11. The summed E-state index contributed by atoms with van der Waals surface area (Å²) < 4.78 is 0. The summed E-state index contributed by atoms with van der Waals surface area (Å²) in [6.07, 6.45) is 0. The van der Waals surface area contributed by atoms with Crippen LogP contribution >= 0.6 is 0 Å². The summed E-state index contributed by atoms with van der Waals surface area (Å²) in [7, 11) is 0. The van der Waals surface area contributed by atoms with E-state index < -0.39 is 0 Å². The van der Waals surface area contributed by atoms with E-state index >= 15 is 0 Å². The van der Waals surface area contributed by atoms with Gasteiger partial charge in [0, 0.05) is 19.2 Å². The Hall–Kier alpha value is -1.35. The molecule has 0 heterocycles. The third-order valence-corrected chi connectivity index (χ3v) is 1.69. The Bertz CT molecular complexity index is 272. The molecule has 0 bridgehead atoms. The second-order valence-electron chi connectivity index (χ2n) is 2.60. The van der Waals surface area contributed by atoms with Crippen LogP contribution in [0.25, 0.3) is 0 Å². The van der Waals surface area contributed by atoms with Crippen molar-refractivity contribution in [3.8, 4) is 0 Å². The Morgan fingerprint density at radius 3 is 2.46 bits per heavy atom. The number of carbonyl (C=O) groups is 1. The van der Waals surface area contributed by atoms with E-state index in [1.165, 1.54) is 4.90 Å². The fourth-order valence-electron chi connectivity index (χ4n) is 1.11. The molecular weight excluding hydrogens is 166 g/mol. The molecule has 0 aromatic heterocycles. The zero-order chi connectivity index (χ0) is 9.68. The molecule has 13 heavy (non-hydrogen) atoms. The molecule has 3 heteroatoms. The van der Waals surface area contributed by atoms with Gasteiger partial charge < -0.3 is 10.0 Å². The summed E-state index contributed by atoms with van der Waals surface area (Å²) in [5, 5.41) is 8.73. The summed E-state index contributed by atoms with van der Waals surface area (Å²) in [4.78, 5) is 12.5. The van der Waals surface area contributed by atoms with Crippen molar-refractivity contribution in [3.63, 3.8) is 0 Å². The SMILES string of the molecule is [CH2]C(=O)N(CCO)c1ccccc1. The van der Waals surface area contributed by atoms with Crippen LogP contribution in [0.4, 0.5) is 5.69 Å². The van der Waals surface area contributed by atoms with Crippen LogP contribution in [0.15, 0.2) is 30.3 Å². The van der Waals surface area contributed by atoms with Crippen LogP contribution < -0.4 is 4.90 Å². The predicted molar refractivity (Wildman–Crippen MR) is 51.2 cm³/mol. The topological polar surface area (TPSA) is 40.5 Å². The Kier molecular flexibility index (Phi) is 3.46. The molecule has 1 aromatic carbocycles. The van der Waals surface area contributed by atoms with Gasteiger partial charge >= 0.3 is 0 Å². The Labute approximate surface area is 77.6 Å². The van der Waals surface area contributed by atoms with E-state index in [1.54, 1.807) is 12.1 Å². The molecule has 0 aliphatic heterocycles. The summed E-state index contributed by atoms with van der Waals surface area (Å²) >= 11 is 0. The smallest absolute Gasteiger partial charge is 0.227 e. The lowest BCUT2D eigenvalue weighted by Crippen LogP contribution is -2.31. The lowest BCUT2D eigenvalue weighted by molar-refractivity contribution is -0.114. The van der Waals surface area contributed by atoms with Crippen molar-refractivity contribution in [1.82, 2.24) is 0 Å². The van der Waals surface area contributed by atoms with Gasteiger partial charge in [0.05, 0.1) is 6.61 Å². The van der Waals surface area contributed by atoms with E-state index in [1.807, 2.05) is 18.2 Å². The molecule has 0 aliphatic rings. The number of aliphatic hydroxyl groups is 1. The van der Waals surface area contributed by atoms with Crippen LogP contribution in [0, 0.1) is 6.92 Å². The summed E-state index contributed by atoms with van der Waals surface area (Å²) in [5.74, 6) is -0.305. The molecular formula is C10H12NO2. The van der Waals surface area contributed by atoms with Gasteiger partial charge in [0.1, 0.15) is 0 Å². The maximum atomic E-state index is 11.0. The van der Waals surface area contributed by atoms with Crippen molar-refractivity contribution in [1.29, 1.82) is 0 Å². The number of aliphatic hydroxyl groups excluding tert-OH is 1. The van der Waals surface area contributed by atoms with Crippen LogP contribution in [0.1, 0.15) is 0 Å². The van der Waals surface area contributed by atoms with Gasteiger partial charge in [-0.05, 0) is 12.1 Å². The van der Waals surface area contributed by atoms with Crippen LogP contribution in [0.3, 0.4) is 0 Å². The zero-order valence-electron chi connectivity index (χ0n) is 7.31. The first-order chi connectivity index (χ1) is 6.25. The van der Waals surface area contributed by atoms with Gasteiger partial charge in [-0.2, -0.15) is 0 Å². The molecule has 1 N–H and O–H groups in total. The number of anilines is 1. The first kappa shape index (κ1) is 9.74. The predicted octanol–water partition coefficient (Wildman–Crippen LogP) is 0.846. The normalized spacial score (nSPS) is 9.69. The van der Waals surface area contributed by atoms with Gasteiger partial charge in [-0.25, -0.2) is 0 Å². The Morgan fingerprint density at radius 1 is 1.38 bits per heavy atom. The first-order valence-corrected chi connectivity index (χ1v) is 4.05. The van der Waals surface area contributed by atoms with E-state index in [9.17, 15) is 4.79 Å². The molecule has 0 fully saturated rings. The summed E-state index contributed by atoms with van der Waals surface area (Å²) in [6.45, 7) is 3.53. The maximum absolute atomic E-state index is 11.0. The molecule has 0 saturated heterocycles. The number of rotatable bonds is 3. The number of hydrogen-bond acceptors (Lipinski definition) is 2. The minimum absolute atomic E-state index is 0.0594. The molecule has 0 saturated carbocycles.